The lowest BCUT2D eigenvalue weighted by atomic mass is 10.4. The molecular formula is C11H17N3O3. The van der Waals surface area contributed by atoms with E-state index in [2.05, 4.69) is 10.3 Å². The van der Waals surface area contributed by atoms with Gasteiger partial charge >= 0.3 is 0 Å². The Morgan fingerprint density at radius 3 is 2.82 bits per heavy atom. The summed E-state index contributed by atoms with van der Waals surface area (Å²) in [6.07, 6.45) is 1.49. The molecule has 0 aliphatic rings. The number of aromatic nitrogens is 1. The van der Waals surface area contributed by atoms with Gasteiger partial charge in [-0.25, -0.2) is 4.98 Å². The van der Waals surface area contributed by atoms with Crippen molar-refractivity contribution in [3.8, 4) is 0 Å². The molecular weight excluding hydrogens is 222 g/mol. The summed E-state index contributed by atoms with van der Waals surface area (Å²) >= 11 is 0. The van der Waals surface area contributed by atoms with Gasteiger partial charge in [0.05, 0.1) is 25.1 Å². The second-order valence-electron chi connectivity index (χ2n) is 3.27. The van der Waals surface area contributed by atoms with Gasteiger partial charge in [0.1, 0.15) is 12.4 Å². The predicted octanol–water partition coefficient (Wildman–Crippen LogP) is 0.655. The van der Waals surface area contributed by atoms with Crippen LogP contribution in [0.15, 0.2) is 18.3 Å². The van der Waals surface area contributed by atoms with Crippen molar-refractivity contribution in [1.29, 1.82) is 0 Å². The fraction of sp³-hybridized carbons (Fsp3) is 0.455. The lowest BCUT2D eigenvalue weighted by molar-refractivity contribution is -0.121. The maximum absolute atomic E-state index is 11.4. The molecule has 1 amide bonds. The molecule has 0 aromatic carbocycles. The molecule has 6 heteroatoms. The zero-order chi connectivity index (χ0) is 12.5. The van der Waals surface area contributed by atoms with E-state index in [1.54, 1.807) is 12.1 Å². The van der Waals surface area contributed by atoms with Gasteiger partial charge in [-0.3, -0.25) is 4.79 Å². The zero-order valence-electron chi connectivity index (χ0n) is 9.81. The Bertz CT molecular complexity index is 340. The Morgan fingerprint density at radius 2 is 2.18 bits per heavy atom. The fourth-order valence-electron chi connectivity index (χ4n) is 1.10. The molecule has 0 spiro atoms. The molecule has 0 bridgehead atoms. The highest BCUT2D eigenvalue weighted by Gasteiger charge is 2.02. The van der Waals surface area contributed by atoms with Gasteiger partial charge in [-0.1, -0.05) is 0 Å². The van der Waals surface area contributed by atoms with Crippen molar-refractivity contribution in [1.82, 2.24) is 4.98 Å². The molecule has 0 radical (unpaired) electrons. The Hall–Kier alpha value is -1.66. The number of pyridine rings is 1. The number of hydrogen-bond donors (Lipinski definition) is 2. The molecule has 6 nitrogen and oxygen atoms in total. The van der Waals surface area contributed by atoms with E-state index >= 15 is 0 Å². The van der Waals surface area contributed by atoms with Crippen LogP contribution in [0.4, 0.5) is 11.5 Å². The highest BCUT2D eigenvalue weighted by atomic mass is 16.5. The largest absolute Gasteiger partial charge is 0.384 e. The van der Waals surface area contributed by atoms with Gasteiger partial charge < -0.3 is 20.5 Å². The molecule has 17 heavy (non-hydrogen) atoms. The summed E-state index contributed by atoms with van der Waals surface area (Å²) in [4.78, 5) is 15.2. The van der Waals surface area contributed by atoms with Gasteiger partial charge in [-0.15, -0.1) is 0 Å². The number of nitrogens with zero attached hydrogens (tertiary/aromatic N) is 1. The van der Waals surface area contributed by atoms with E-state index < -0.39 is 0 Å². The zero-order valence-corrected chi connectivity index (χ0v) is 9.81. The van der Waals surface area contributed by atoms with Crippen LogP contribution in [-0.4, -0.2) is 37.3 Å². The Balaban J connectivity index is 2.18. The monoisotopic (exact) mass is 239 g/mol. The standard InChI is InChI=1S/C11H17N3O3/c1-2-16-5-6-17-8-11(15)14-9-3-4-10(12)13-7-9/h3-4,7H,2,5-6,8H2,1H3,(H2,12,13)(H,14,15). The van der Waals surface area contributed by atoms with Crippen LogP contribution in [0.5, 0.6) is 0 Å². The highest BCUT2D eigenvalue weighted by molar-refractivity contribution is 5.91. The molecule has 3 N–H and O–H groups in total. The van der Waals surface area contributed by atoms with Gasteiger partial charge in [-0.05, 0) is 19.1 Å². The van der Waals surface area contributed by atoms with Crippen molar-refractivity contribution in [3.05, 3.63) is 18.3 Å². The van der Waals surface area contributed by atoms with Crippen molar-refractivity contribution in [3.63, 3.8) is 0 Å². The van der Waals surface area contributed by atoms with Gasteiger partial charge in [0.2, 0.25) is 5.91 Å². The summed E-state index contributed by atoms with van der Waals surface area (Å²) in [7, 11) is 0. The third-order valence-electron chi connectivity index (χ3n) is 1.88. The minimum atomic E-state index is -0.229. The minimum absolute atomic E-state index is 0.00253. The summed E-state index contributed by atoms with van der Waals surface area (Å²) in [6.45, 7) is 3.44. The second-order valence-corrected chi connectivity index (χ2v) is 3.27. The summed E-state index contributed by atoms with van der Waals surface area (Å²) in [5, 5.41) is 2.64. The molecule has 0 atom stereocenters. The maximum Gasteiger partial charge on any atom is 0.250 e. The Morgan fingerprint density at radius 1 is 1.41 bits per heavy atom. The van der Waals surface area contributed by atoms with Crippen molar-refractivity contribution in [2.45, 2.75) is 6.92 Å². The van der Waals surface area contributed by atoms with Crippen LogP contribution in [0, 0.1) is 0 Å². The molecule has 0 fully saturated rings. The molecule has 1 aromatic rings. The van der Waals surface area contributed by atoms with Crippen molar-refractivity contribution in [2.75, 3.05) is 37.5 Å². The van der Waals surface area contributed by atoms with E-state index in [0.29, 0.717) is 31.3 Å². The minimum Gasteiger partial charge on any atom is -0.384 e. The molecule has 0 aliphatic carbocycles. The molecule has 1 heterocycles. The van der Waals surface area contributed by atoms with Crippen molar-refractivity contribution in [2.24, 2.45) is 0 Å². The molecule has 0 saturated heterocycles. The number of rotatable bonds is 7. The van der Waals surface area contributed by atoms with Crippen LogP contribution in [-0.2, 0) is 14.3 Å². The summed E-state index contributed by atoms with van der Waals surface area (Å²) in [5.74, 6) is 0.184. The number of carbonyl (C=O) groups is 1. The van der Waals surface area contributed by atoms with E-state index in [1.807, 2.05) is 6.92 Å². The average molecular weight is 239 g/mol. The van der Waals surface area contributed by atoms with Gasteiger partial charge in [0, 0.05) is 6.61 Å². The van der Waals surface area contributed by atoms with Crippen LogP contribution in [0.25, 0.3) is 0 Å². The number of nitrogens with two attached hydrogens (primary N) is 1. The van der Waals surface area contributed by atoms with Crippen LogP contribution >= 0.6 is 0 Å². The third kappa shape index (κ3) is 5.84. The highest BCUT2D eigenvalue weighted by Crippen LogP contribution is 2.06. The average Bonchev–Trinajstić information content (AvgIpc) is 2.32. The predicted molar refractivity (Wildman–Crippen MR) is 64.6 cm³/mol. The normalized spacial score (nSPS) is 10.2. The quantitative estimate of drug-likeness (QED) is 0.682. The Labute approximate surface area is 100 Å². The number of nitrogens with one attached hydrogen (secondary N) is 1. The topological polar surface area (TPSA) is 86.5 Å². The lowest BCUT2D eigenvalue weighted by Gasteiger charge is -2.06. The molecule has 0 unspecified atom stereocenters. The van der Waals surface area contributed by atoms with E-state index in [9.17, 15) is 4.79 Å². The first-order chi connectivity index (χ1) is 8.22. The number of nitrogen functional groups attached to an aromatic ring is 1. The fourth-order valence-corrected chi connectivity index (χ4v) is 1.10. The molecule has 0 saturated carbocycles. The van der Waals surface area contributed by atoms with Crippen LogP contribution in [0.1, 0.15) is 6.92 Å². The molecule has 1 rings (SSSR count). The van der Waals surface area contributed by atoms with Crippen molar-refractivity contribution < 1.29 is 14.3 Å². The number of amides is 1. The van der Waals surface area contributed by atoms with Gasteiger partial charge in [0.15, 0.2) is 0 Å². The number of hydrogen-bond acceptors (Lipinski definition) is 5. The second kappa shape index (κ2) is 7.59. The van der Waals surface area contributed by atoms with Crippen LogP contribution < -0.4 is 11.1 Å². The first-order valence-corrected chi connectivity index (χ1v) is 5.39. The third-order valence-corrected chi connectivity index (χ3v) is 1.88. The van der Waals surface area contributed by atoms with E-state index in [-0.39, 0.29) is 12.5 Å². The first kappa shape index (κ1) is 13.4. The molecule has 0 aliphatic heterocycles. The SMILES string of the molecule is CCOCCOCC(=O)Nc1ccc(N)nc1. The van der Waals surface area contributed by atoms with Crippen LogP contribution in [0.3, 0.4) is 0 Å². The molecule has 94 valence electrons. The summed E-state index contributed by atoms with van der Waals surface area (Å²) < 4.78 is 10.2. The van der Waals surface area contributed by atoms with Crippen molar-refractivity contribution >= 4 is 17.4 Å². The molecule has 1 aromatic heterocycles. The first-order valence-electron chi connectivity index (χ1n) is 5.39. The van der Waals surface area contributed by atoms with E-state index in [0.717, 1.165) is 0 Å². The maximum atomic E-state index is 11.4. The summed E-state index contributed by atoms with van der Waals surface area (Å²) in [6, 6.07) is 3.30. The van der Waals surface area contributed by atoms with E-state index in [4.69, 9.17) is 15.2 Å². The lowest BCUT2D eigenvalue weighted by Crippen LogP contribution is -2.19. The summed E-state index contributed by atoms with van der Waals surface area (Å²) in [5.41, 5.74) is 6.02. The van der Waals surface area contributed by atoms with Crippen LogP contribution in [0.2, 0.25) is 0 Å². The van der Waals surface area contributed by atoms with Gasteiger partial charge in [0.25, 0.3) is 0 Å². The van der Waals surface area contributed by atoms with E-state index in [1.165, 1.54) is 6.20 Å². The Kier molecular flexibility index (Phi) is 5.98. The smallest absolute Gasteiger partial charge is 0.250 e. The van der Waals surface area contributed by atoms with Gasteiger partial charge in [-0.2, -0.15) is 0 Å². The number of carbonyl (C=O) groups excluding carboxylic acids is 1. The number of ether oxygens (including phenoxy) is 2. The number of anilines is 2.